The van der Waals surface area contributed by atoms with Gasteiger partial charge in [-0.1, -0.05) is 20.3 Å². The second-order valence-electron chi connectivity index (χ2n) is 20.7. The Bertz CT molecular complexity index is 2290. The molecule has 35 nitrogen and oxygen atoms in total. The number of rotatable bonds is 45. The summed E-state index contributed by atoms with van der Waals surface area (Å²) in [5.74, 6) is -9.52. The van der Waals surface area contributed by atoms with E-state index in [9.17, 15) is 53.1 Å². The Morgan fingerprint density at radius 1 is 0.372 bits per heavy atom. The molecule has 0 aliphatic rings. The zero-order valence-corrected chi connectivity index (χ0v) is 50.4. The molecule has 32 N–H and O–H groups in total. The van der Waals surface area contributed by atoms with Crippen LogP contribution in [0.2, 0.25) is 0 Å². The highest BCUT2D eigenvalue weighted by molar-refractivity contribution is 5.98. The maximum Gasteiger partial charge on any atom is 0.243 e. The van der Waals surface area contributed by atoms with Gasteiger partial charge in [0.1, 0.15) is 54.4 Å². The third-order valence-corrected chi connectivity index (χ3v) is 13.2. The minimum Gasteiger partial charge on any atom is -0.391 e. The number of aliphatic imine (C=N–C) groups is 4. The number of nitrogens with one attached hydrogen (secondary N) is 9. The summed E-state index contributed by atoms with van der Waals surface area (Å²) in [6.07, 6.45) is 0.486. The predicted octanol–water partition coefficient (Wildman–Crippen LogP) is -8.23. The van der Waals surface area contributed by atoms with Gasteiger partial charge < -0.3 is 116 Å². The van der Waals surface area contributed by atoms with Crippen LogP contribution < -0.4 is 111 Å². The number of aliphatic hydroxyl groups is 1. The number of amides is 10. The van der Waals surface area contributed by atoms with E-state index in [1.165, 1.54) is 20.8 Å². The molecule has 0 saturated carbocycles. The monoisotopic (exact) mass is 1220 g/mol. The summed E-state index contributed by atoms with van der Waals surface area (Å²) in [6.45, 7) is 7.90. The average Bonchev–Trinajstić information content (AvgIpc) is 3.58. The summed E-state index contributed by atoms with van der Waals surface area (Å²) < 4.78 is 0. The van der Waals surface area contributed by atoms with Crippen LogP contribution in [0.15, 0.2) is 20.0 Å². The molecule has 0 heterocycles. The van der Waals surface area contributed by atoms with Crippen LogP contribution in [0.1, 0.15) is 131 Å². The van der Waals surface area contributed by atoms with Gasteiger partial charge in [0, 0.05) is 33.1 Å². The number of aliphatic hydroxyl groups excluding tert-OH is 1. The number of carbonyl (C=O) groups excluding carboxylic acids is 10. The van der Waals surface area contributed by atoms with Crippen molar-refractivity contribution in [3.63, 3.8) is 0 Å². The van der Waals surface area contributed by atoms with Crippen molar-refractivity contribution in [3.8, 4) is 0 Å². The van der Waals surface area contributed by atoms with Crippen molar-refractivity contribution in [1.29, 1.82) is 0 Å². The van der Waals surface area contributed by atoms with Crippen molar-refractivity contribution in [1.82, 2.24) is 47.9 Å². The first-order valence-corrected chi connectivity index (χ1v) is 28.8. The van der Waals surface area contributed by atoms with Crippen LogP contribution in [0, 0.1) is 5.92 Å². The first-order valence-electron chi connectivity index (χ1n) is 28.8. The second-order valence-corrected chi connectivity index (χ2v) is 20.7. The van der Waals surface area contributed by atoms with E-state index in [0.29, 0.717) is 25.7 Å². The summed E-state index contributed by atoms with van der Waals surface area (Å²) in [5.41, 5.74) is 61.2. The van der Waals surface area contributed by atoms with Crippen molar-refractivity contribution in [2.75, 3.05) is 39.3 Å². The number of guanidine groups is 4. The van der Waals surface area contributed by atoms with Crippen LogP contribution in [0.3, 0.4) is 0 Å². The van der Waals surface area contributed by atoms with Crippen molar-refractivity contribution in [2.24, 2.45) is 89.0 Å². The topological polar surface area (TPSA) is 635 Å². The maximum absolute atomic E-state index is 14.6. The average molecular weight is 1230 g/mol. The van der Waals surface area contributed by atoms with E-state index < -0.39 is 120 Å². The first kappa shape index (κ1) is 77.7. The molecule has 490 valence electrons. The number of nitrogens with zero attached hydrogens (tertiary/aromatic N) is 4. The van der Waals surface area contributed by atoms with Crippen LogP contribution in [-0.2, 0) is 47.9 Å². The zero-order chi connectivity index (χ0) is 65.5. The lowest BCUT2D eigenvalue weighted by Gasteiger charge is -2.28. The fourth-order valence-electron chi connectivity index (χ4n) is 8.24. The van der Waals surface area contributed by atoms with Gasteiger partial charge in [0.2, 0.25) is 59.1 Å². The number of hydrogen-bond acceptors (Lipinski definition) is 17. The van der Waals surface area contributed by atoms with Crippen molar-refractivity contribution in [2.45, 2.75) is 191 Å². The van der Waals surface area contributed by atoms with Gasteiger partial charge in [-0.3, -0.25) is 67.9 Å². The number of hydrogen-bond donors (Lipinski definition) is 21. The Balaban J connectivity index is 7.31. The van der Waals surface area contributed by atoms with Crippen molar-refractivity contribution >= 4 is 82.9 Å². The number of unbranched alkanes of at least 4 members (excludes halogenated alkanes) is 2. The summed E-state index contributed by atoms with van der Waals surface area (Å²) in [6, 6.07) is -12.1. The van der Waals surface area contributed by atoms with E-state index in [1.807, 2.05) is 6.92 Å². The highest BCUT2D eigenvalue weighted by Crippen LogP contribution is 2.12. The standard InChI is InChI=1S/C51H100N24O11/c1-6-27(2)37(68-30(5)77)47(86)67-28(3)40(79)69-33(17-11-23-63-48(55)56)43(82)72-35(19-13-25-65-50(59)60)45(84)73-34(18-12-24-64-49(57)58)44(83)71-31(15-7-9-21-52)41(80)70-32(16-8-10-22-53)42(81)74-36(20-14-26-66-51(61)62)46(85)75-38(29(4)76)39(54)78/h27-29,31-38,76H,6-26,52-53H2,1-5H3,(H2,54,78)(H,67,86)(H,68,77)(H,69,79)(H,70,80)(H,71,83)(H,72,82)(H,73,84)(H,74,81)(H,75,85)(H4,55,56,63)(H4,57,58,64)(H4,59,60,65)(H4,61,62,66)/t27-,28-,29+,31-,32-,33-,34-,35-,36-,37-,38-/m0/s1. The lowest BCUT2D eigenvalue weighted by Crippen LogP contribution is -2.60. The Labute approximate surface area is 502 Å². The van der Waals surface area contributed by atoms with Gasteiger partial charge in [0.25, 0.3) is 0 Å². The molecular formula is C51H100N24O11. The largest absolute Gasteiger partial charge is 0.391 e. The normalized spacial score (nSPS) is 14.7. The lowest BCUT2D eigenvalue weighted by molar-refractivity contribution is -0.136. The molecule has 0 aromatic rings. The molecule has 0 aromatic heterocycles. The highest BCUT2D eigenvalue weighted by atomic mass is 16.3. The molecule has 86 heavy (non-hydrogen) atoms. The smallest absolute Gasteiger partial charge is 0.243 e. The highest BCUT2D eigenvalue weighted by Gasteiger charge is 2.35. The molecule has 0 bridgehead atoms. The van der Waals surface area contributed by atoms with Gasteiger partial charge in [-0.15, -0.1) is 0 Å². The molecular weight excluding hydrogens is 1120 g/mol. The van der Waals surface area contributed by atoms with Gasteiger partial charge in [-0.05, 0) is 123 Å². The van der Waals surface area contributed by atoms with E-state index in [0.717, 1.165) is 0 Å². The molecule has 0 aromatic carbocycles. The SMILES string of the molecule is CC[C@H](C)[C@H](NC(C)=O)C(=O)N[C@@H](C)C(=O)N[C@@H](CCCN=C(N)N)C(=O)N[C@@H](CCCN=C(N)N)C(=O)N[C@@H](CCCN=C(N)N)C(=O)N[C@@H](CCCCN)C(=O)N[C@@H](CCCCN)C(=O)N[C@@H](CCCN=C(N)N)C(=O)N[C@H](C(N)=O)[C@@H](C)O. The van der Waals surface area contributed by atoms with E-state index in [2.05, 4.69) is 67.8 Å². The van der Waals surface area contributed by atoms with Gasteiger partial charge in [0.15, 0.2) is 23.8 Å². The molecule has 0 radical (unpaired) electrons. The summed E-state index contributed by atoms with van der Waals surface area (Å²) >= 11 is 0. The summed E-state index contributed by atoms with van der Waals surface area (Å²) in [4.78, 5) is 153. The summed E-state index contributed by atoms with van der Waals surface area (Å²) in [5, 5.41) is 33.6. The Morgan fingerprint density at radius 2 is 0.651 bits per heavy atom. The summed E-state index contributed by atoms with van der Waals surface area (Å²) in [7, 11) is 0. The van der Waals surface area contributed by atoms with Gasteiger partial charge in [-0.2, -0.15) is 0 Å². The van der Waals surface area contributed by atoms with Crippen LogP contribution in [0.5, 0.6) is 0 Å². The van der Waals surface area contributed by atoms with Crippen LogP contribution >= 0.6 is 0 Å². The maximum atomic E-state index is 14.6. The third kappa shape index (κ3) is 33.8. The van der Waals surface area contributed by atoms with Gasteiger partial charge in [0.05, 0.1) is 6.10 Å². The van der Waals surface area contributed by atoms with Crippen LogP contribution in [-0.4, -0.2) is 188 Å². The molecule has 0 aliphatic heterocycles. The third-order valence-electron chi connectivity index (χ3n) is 13.2. The van der Waals surface area contributed by atoms with E-state index >= 15 is 0 Å². The Hall–Kier alpha value is -8.34. The lowest BCUT2D eigenvalue weighted by atomic mass is 9.98. The fraction of sp³-hybridized carbons (Fsp3) is 0.725. The van der Waals surface area contributed by atoms with Crippen LogP contribution in [0.25, 0.3) is 0 Å². The van der Waals surface area contributed by atoms with E-state index in [-0.39, 0.29) is 140 Å². The van der Waals surface area contributed by atoms with Gasteiger partial charge in [-0.25, -0.2) is 0 Å². The minimum absolute atomic E-state index is 0.00665. The molecule has 10 amide bonds. The fourth-order valence-corrected chi connectivity index (χ4v) is 8.24. The number of carbonyl (C=O) groups is 10. The number of nitrogens with two attached hydrogens (primary N) is 11. The molecule has 11 atom stereocenters. The molecule has 0 spiro atoms. The Kier molecular flexibility index (Phi) is 39.1. The second kappa shape index (κ2) is 43.3. The molecule has 0 fully saturated rings. The molecule has 0 saturated heterocycles. The van der Waals surface area contributed by atoms with E-state index in [4.69, 9.17) is 63.1 Å². The zero-order valence-electron chi connectivity index (χ0n) is 50.4. The van der Waals surface area contributed by atoms with Crippen LogP contribution in [0.4, 0.5) is 0 Å². The van der Waals surface area contributed by atoms with Crippen molar-refractivity contribution in [3.05, 3.63) is 0 Å². The molecule has 35 heteroatoms. The predicted molar refractivity (Wildman–Crippen MR) is 325 cm³/mol. The quantitative estimate of drug-likeness (QED) is 0.0153. The molecule has 0 aliphatic carbocycles. The van der Waals surface area contributed by atoms with Crippen molar-refractivity contribution < 1.29 is 53.1 Å². The first-order chi connectivity index (χ1) is 40.5. The minimum atomic E-state index is -1.53. The van der Waals surface area contributed by atoms with Gasteiger partial charge >= 0.3 is 0 Å². The molecule has 0 rings (SSSR count). The number of primary amides is 1. The molecule has 0 unspecified atom stereocenters. The Morgan fingerprint density at radius 3 is 0.895 bits per heavy atom. The van der Waals surface area contributed by atoms with E-state index in [1.54, 1.807) is 6.92 Å².